The molecule has 0 radical (unpaired) electrons. The molecule has 1 atom stereocenters. The summed E-state index contributed by atoms with van der Waals surface area (Å²) in [5.74, 6) is 0.0999. The van der Waals surface area contributed by atoms with Gasteiger partial charge in [-0.05, 0) is 30.7 Å². The van der Waals surface area contributed by atoms with Crippen LogP contribution in [0, 0.1) is 0 Å². The average molecular weight is 288 g/mol. The Morgan fingerprint density at radius 2 is 2.00 bits per heavy atom. The highest BCUT2D eigenvalue weighted by Gasteiger charge is 2.11. The molecule has 1 aromatic carbocycles. The van der Waals surface area contributed by atoms with Gasteiger partial charge < -0.3 is 4.74 Å². The maximum Gasteiger partial charge on any atom is 0.387 e. The maximum absolute atomic E-state index is 12.0. The van der Waals surface area contributed by atoms with Crippen molar-refractivity contribution in [2.24, 2.45) is 0 Å². The van der Waals surface area contributed by atoms with E-state index in [1.807, 2.05) is 6.92 Å². The first-order valence-electron chi connectivity index (χ1n) is 5.71. The molecule has 0 spiro atoms. The summed E-state index contributed by atoms with van der Waals surface area (Å²) >= 11 is 6.05. The van der Waals surface area contributed by atoms with Crippen molar-refractivity contribution in [1.82, 2.24) is 15.0 Å². The van der Waals surface area contributed by atoms with Gasteiger partial charge in [-0.2, -0.15) is 8.78 Å². The Morgan fingerprint density at radius 3 is 2.58 bits per heavy atom. The average Bonchev–Trinajstić information content (AvgIpc) is 2.87. The van der Waals surface area contributed by atoms with Gasteiger partial charge in [0.1, 0.15) is 11.4 Å². The number of hydrogen-bond donors (Lipinski definition) is 0. The van der Waals surface area contributed by atoms with Crippen molar-refractivity contribution in [3.63, 3.8) is 0 Å². The molecule has 0 amide bonds. The molecule has 1 aromatic heterocycles. The van der Waals surface area contributed by atoms with Crippen molar-refractivity contribution in [3.05, 3.63) is 36.2 Å². The fourth-order valence-electron chi connectivity index (χ4n) is 1.54. The van der Waals surface area contributed by atoms with Crippen LogP contribution < -0.4 is 4.74 Å². The quantitative estimate of drug-likeness (QED) is 0.790. The number of hydrogen-bond acceptors (Lipinski definition) is 3. The summed E-state index contributed by atoms with van der Waals surface area (Å²) in [6.07, 6.45) is 2.46. The summed E-state index contributed by atoms with van der Waals surface area (Å²) < 4.78 is 29.8. The fourth-order valence-corrected chi connectivity index (χ4v) is 1.64. The zero-order valence-electron chi connectivity index (χ0n) is 10.1. The van der Waals surface area contributed by atoms with Crippen LogP contribution in [0.15, 0.2) is 30.5 Å². The zero-order valence-corrected chi connectivity index (χ0v) is 10.9. The maximum atomic E-state index is 12.0. The molecule has 0 fully saturated rings. The molecule has 2 aromatic rings. The summed E-state index contributed by atoms with van der Waals surface area (Å²) in [5, 5.41) is 7.72. The van der Waals surface area contributed by atoms with Gasteiger partial charge in [0, 0.05) is 0 Å². The topological polar surface area (TPSA) is 39.9 Å². The molecule has 0 bridgehead atoms. The number of alkyl halides is 3. The van der Waals surface area contributed by atoms with Gasteiger partial charge in [-0.1, -0.05) is 12.1 Å². The monoisotopic (exact) mass is 287 g/mol. The summed E-state index contributed by atoms with van der Waals surface area (Å²) in [6, 6.07) is 6.12. The van der Waals surface area contributed by atoms with Gasteiger partial charge in [0.15, 0.2) is 0 Å². The predicted molar refractivity (Wildman–Crippen MR) is 66.9 cm³/mol. The second-order valence-corrected chi connectivity index (χ2v) is 4.36. The van der Waals surface area contributed by atoms with Crippen molar-refractivity contribution in [3.8, 4) is 11.4 Å². The fraction of sp³-hybridized carbons (Fsp3) is 0.333. The first kappa shape index (κ1) is 13.7. The molecule has 0 aliphatic rings. The van der Waals surface area contributed by atoms with Crippen LogP contribution in [-0.2, 0) is 0 Å². The number of aromatic nitrogens is 3. The number of halogens is 3. The molecule has 2 rings (SSSR count). The lowest BCUT2D eigenvalue weighted by Crippen LogP contribution is -2.02. The van der Waals surface area contributed by atoms with Gasteiger partial charge in [-0.15, -0.1) is 16.7 Å². The van der Waals surface area contributed by atoms with E-state index in [1.54, 1.807) is 18.3 Å². The second kappa shape index (κ2) is 5.97. The second-order valence-electron chi connectivity index (χ2n) is 3.84. The SMILES string of the molecule is CCC(Cl)c1cn(-c2ccc(OC(F)F)cc2)nn1. The van der Waals surface area contributed by atoms with Gasteiger partial charge in [0.25, 0.3) is 0 Å². The third-order valence-electron chi connectivity index (χ3n) is 2.52. The standard InChI is InChI=1S/C12H12ClF2N3O/c1-2-10(13)11-7-18(17-16-11)8-3-5-9(6-4-8)19-12(14)15/h3-7,10,12H,2H2,1H3. The zero-order chi connectivity index (χ0) is 13.8. The lowest BCUT2D eigenvalue weighted by atomic mass is 10.2. The summed E-state index contributed by atoms with van der Waals surface area (Å²) in [5.41, 5.74) is 1.37. The number of benzene rings is 1. The van der Waals surface area contributed by atoms with E-state index in [-0.39, 0.29) is 11.1 Å². The lowest BCUT2D eigenvalue weighted by Gasteiger charge is -2.05. The summed E-state index contributed by atoms with van der Waals surface area (Å²) in [7, 11) is 0. The van der Waals surface area contributed by atoms with Crippen LogP contribution in [0.3, 0.4) is 0 Å². The lowest BCUT2D eigenvalue weighted by molar-refractivity contribution is -0.0498. The number of ether oxygens (including phenoxy) is 1. The highest BCUT2D eigenvalue weighted by molar-refractivity contribution is 6.20. The van der Waals surface area contributed by atoms with E-state index >= 15 is 0 Å². The van der Waals surface area contributed by atoms with Crippen LogP contribution in [0.1, 0.15) is 24.4 Å². The minimum Gasteiger partial charge on any atom is -0.435 e. The molecule has 1 unspecified atom stereocenters. The third-order valence-corrected chi connectivity index (χ3v) is 3.05. The summed E-state index contributed by atoms with van der Waals surface area (Å²) in [6.45, 7) is -0.877. The Labute approximate surface area is 113 Å². The minimum absolute atomic E-state index is 0.0999. The van der Waals surface area contributed by atoms with E-state index in [2.05, 4.69) is 15.0 Å². The van der Waals surface area contributed by atoms with E-state index < -0.39 is 6.61 Å². The van der Waals surface area contributed by atoms with E-state index in [0.717, 1.165) is 6.42 Å². The van der Waals surface area contributed by atoms with Gasteiger partial charge in [-0.25, -0.2) is 4.68 Å². The molecule has 1 heterocycles. The smallest absolute Gasteiger partial charge is 0.387 e. The Kier molecular flexibility index (Phi) is 4.31. The predicted octanol–water partition coefficient (Wildman–Crippen LogP) is 3.56. The molecule has 0 aliphatic carbocycles. The largest absolute Gasteiger partial charge is 0.435 e. The molecule has 102 valence electrons. The molecule has 0 aliphatic heterocycles. The van der Waals surface area contributed by atoms with Crippen molar-refractivity contribution >= 4 is 11.6 Å². The van der Waals surface area contributed by atoms with E-state index in [9.17, 15) is 8.78 Å². The van der Waals surface area contributed by atoms with Gasteiger partial charge >= 0.3 is 6.61 Å². The summed E-state index contributed by atoms with van der Waals surface area (Å²) in [4.78, 5) is 0. The molecule has 7 heteroatoms. The van der Waals surface area contributed by atoms with E-state index in [0.29, 0.717) is 11.4 Å². The minimum atomic E-state index is -2.83. The van der Waals surface area contributed by atoms with E-state index in [4.69, 9.17) is 11.6 Å². The van der Waals surface area contributed by atoms with Crippen molar-refractivity contribution in [2.75, 3.05) is 0 Å². The molecule has 4 nitrogen and oxygen atoms in total. The number of nitrogens with zero attached hydrogens (tertiary/aromatic N) is 3. The normalized spacial score (nSPS) is 12.7. The Balaban J connectivity index is 2.15. The Morgan fingerprint density at radius 1 is 1.32 bits per heavy atom. The Hall–Kier alpha value is -1.69. The van der Waals surface area contributed by atoms with Crippen LogP contribution in [-0.4, -0.2) is 21.6 Å². The van der Waals surface area contributed by atoms with Crippen molar-refractivity contribution < 1.29 is 13.5 Å². The van der Waals surface area contributed by atoms with Crippen LogP contribution in [0.25, 0.3) is 5.69 Å². The van der Waals surface area contributed by atoms with Crippen molar-refractivity contribution in [2.45, 2.75) is 25.3 Å². The van der Waals surface area contributed by atoms with Crippen LogP contribution >= 0.6 is 11.6 Å². The molecular formula is C12H12ClF2N3O. The first-order valence-corrected chi connectivity index (χ1v) is 6.15. The van der Waals surface area contributed by atoms with Crippen molar-refractivity contribution in [1.29, 1.82) is 0 Å². The Bertz CT molecular complexity index is 530. The van der Waals surface area contributed by atoms with Crippen LogP contribution in [0.4, 0.5) is 8.78 Å². The molecule has 19 heavy (non-hydrogen) atoms. The van der Waals surface area contributed by atoms with E-state index in [1.165, 1.54) is 16.8 Å². The molecule has 0 saturated heterocycles. The number of rotatable bonds is 5. The van der Waals surface area contributed by atoms with Crippen LogP contribution in [0.5, 0.6) is 5.75 Å². The highest BCUT2D eigenvalue weighted by Crippen LogP contribution is 2.22. The van der Waals surface area contributed by atoms with Gasteiger partial charge in [0.2, 0.25) is 0 Å². The molecule has 0 saturated carbocycles. The molecule has 0 N–H and O–H groups in total. The van der Waals surface area contributed by atoms with Crippen LogP contribution in [0.2, 0.25) is 0 Å². The molecular weight excluding hydrogens is 276 g/mol. The first-order chi connectivity index (χ1) is 9.10. The van der Waals surface area contributed by atoms with Gasteiger partial charge in [0.05, 0.1) is 17.3 Å². The highest BCUT2D eigenvalue weighted by atomic mass is 35.5. The third kappa shape index (κ3) is 3.41. The van der Waals surface area contributed by atoms with Gasteiger partial charge in [-0.3, -0.25) is 0 Å².